The molecule has 1 aliphatic rings. The lowest BCUT2D eigenvalue weighted by molar-refractivity contribution is 0.199. The first-order valence-corrected chi connectivity index (χ1v) is 7.59. The highest BCUT2D eigenvalue weighted by Crippen LogP contribution is 2.33. The molecular formula is C15H22BrNO. The van der Waals surface area contributed by atoms with Crippen molar-refractivity contribution in [3.8, 4) is 0 Å². The Morgan fingerprint density at radius 3 is 2.56 bits per heavy atom. The number of benzene rings is 1. The maximum atomic E-state index is 9.90. The molecule has 18 heavy (non-hydrogen) atoms. The van der Waals surface area contributed by atoms with Gasteiger partial charge in [0.25, 0.3) is 0 Å². The Morgan fingerprint density at radius 1 is 1.28 bits per heavy atom. The zero-order chi connectivity index (χ0) is 13.1. The van der Waals surface area contributed by atoms with Gasteiger partial charge >= 0.3 is 0 Å². The normalized spacial score (nSPS) is 18.7. The zero-order valence-electron chi connectivity index (χ0n) is 11.2. The number of nitrogens with zero attached hydrogens (tertiary/aromatic N) is 1. The summed E-state index contributed by atoms with van der Waals surface area (Å²) in [6, 6.07) is 6.76. The molecule has 0 bridgehead atoms. The van der Waals surface area contributed by atoms with Crippen molar-refractivity contribution in [2.45, 2.75) is 51.2 Å². The first-order chi connectivity index (χ1) is 8.59. The van der Waals surface area contributed by atoms with Crippen LogP contribution in [0.15, 0.2) is 22.7 Å². The molecule has 1 N–H and O–H groups in total. The molecular weight excluding hydrogens is 290 g/mol. The van der Waals surface area contributed by atoms with E-state index in [4.69, 9.17) is 0 Å². The van der Waals surface area contributed by atoms with Crippen LogP contribution in [-0.2, 0) is 0 Å². The Bertz CT molecular complexity index is 399. The van der Waals surface area contributed by atoms with Crippen molar-refractivity contribution in [1.82, 2.24) is 0 Å². The van der Waals surface area contributed by atoms with Gasteiger partial charge in [0.1, 0.15) is 0 Å². The average Bonchev–Trinajstić information content (AvgIpc) is 2.38. The van der Waals surface area contributed by atoms with Crippen LogP contribution >= 0.6 is 15.9 Å². The SMILES string of the molecule is CC(O)c1ccc(Br)cc1N(C)C1CCCCC1. The van der Waals surface area contributed by atoms with Crippen molar-refractivity contribution in [1.29, 1.82) is 0 Å². The zero-order valence-corrected chi connectivity index (χ0v) is 12.8. The molecule has 0 aromatic heterocycles. The van der Waals surface area contributed by atoms with Crippen molar-refractivity contribution in [2.75, 3.05) is 11.9 Å². The minimum absolute atomic E-state index is 0.417. The van der Waals surface area contributed by atoms with E-state index >= 15 is 0 Å². The second kappa shape index (κ2) is 6.07. The third kappa shape index (κ3) is 3.07. The van der Waals surface area contributed by atoms with E-state index in [0.29, 0.717) is 6.04 Å². The van der Waals surface area contributed by atoms with E-state index in [1.54, 1.807) is 0 Å². The second-order valence-corrected chi connectivity index (χ2v) is 6.20. The number of aliphatic hydroxyl groups excluding tert-OH is 1. The predicted octanol–water partition coefficient (Wildman–Crippen LogP) is 4.27. The van der Waals surface area contributed by atoms with Gasteiger partial charge in [-0.1, -0.05) is 41.3 Å². The summed E-state index contributed by atoms with van der Waals surface area (Å²) in [5.41, 5.74) is 2.18. The summed E-state index contributed by atoms with van der Waals surface area (Å²) in [7, 11) is 2.16. The molecule has 1 fully saturated rings. The van der Waals surface area contributed by atoms with Crippen molar-refractivity contribution in [3.63, 3.8) is 0 Å². The highest BCUT2D eigenvalue weighted by atomic mass is 79.9. The lowest BCUT2D eigenvalue weighted by Crippen LogP contribution is -2.34. The fourth-order valence-electron chi connectivity index (χ4n) is 2.84. The maximum absolute atomic E-state index is 9.90. The standard InChI is InChI=1S/C15H22BrNO/c1-11(18)14-9-8-12(16)10-15(14)17(2)13-6-4-3-5-7-13/h8-11,13,18H,3-7H2,1-2H3. The third-order valence-corrected chi connectivity index (χ3v) is 4.44. The molecule has 1 aliphatic carbocycles. The van der Waals surface area contributed by atoms with Crippen molar-refractivity contribution in [2.24, 2.45) is 0 Å². The molecule has 0 radical (unpaired) electrons. The summed E-state index contributed by atoms with van der Waals surface area (Å²) in [4.78, 5) is 2.35. The van der Waals surface area contributed by atoms with Gasteiger partial charge < -0.3 is 10.0 Å². The Morgan fingerprint density at radius 2 is 1.94 bits per heavy atom. The van der Waals surface area contributed by atoms with Gasteiger partial charge in [0.15, 0.2) is 0 Å². The van der Waals surface area contributed by atoms with Crippen LogP contribution in [0.4, 0.5) is 5.69 Å². The number of hydrogen-bond donors (Lipinski definition) is 1. The number of aliphatic hydroxyl groups is 1. The molecule has 1 aromatic carbocycles. The summed E-state index contributed by atoms with van der Waals surface area (Å²) in [5, 5.41) is 9.90. The lowest BCUT2D eigenvalue weighted by atomic mass is 9.93. The highest BCUT2D eigenvalue weighted by Gasteiger charge is 2.21. The molecule has 1 unspecified atom stereocenters. The summed E-state index contributed by atoms with van der Waals surface area (Å²) in [6.07, 6.45) is 6.13. The molecule has 2 rings (SSSR count). The fourth-order valence-corrected chi connectivity index (χ4v) is 3.19. The molecule has 100 valence electrons. The van der Waals surface area contributed by atoms with Gasteiger partial charge in [-0.2, -0.15) is 0 Å². The van der Waals surface area contributed by atoms with Gasteiger partial charge in [-0.25, -0.2) is 0 Å². The molecule has 1 atom stereocenters. The van der Waals surface area contributed by atoms with Gasteiger partial charge in [-0.05, 0) is 31.9 Å². The number of anilines is 1. The molecule has 0 saturated heterocycles. The van der Waals surface area contributed by atoms with E-state index in [9.17, 15) is 5.11 Å². The Kier molecular flexibility index (Phi) is 4.68. The summed E-state index contributed by atoms with van der Waals surface area (Å²) in [5.74, 6) is 0. The minimum atomic E-state index is -0.417. The first-order valence-electron chi connectivity index (χ1n) is 6.80. The molecule has 0 heterocycles. The topological polar surface area (TPSA) is 23.5 Å². The van der Waals surface area contributed by atoms with Gasteiger partial charge in [-0.15, -0.1) is 0 Å². The maximum Gasteiger partial charge on any atom is 0.0782 e. The monoisotopic (exact) mass is 311 g/mol. The Hall–Kier alpha value is -0.540. The van der Waals surface area contributed by atoms with Gasteiger partial charge in [0.05, 0.1) is 6.10 Å². The van der Waals surface area contributed by atoms with E-state index in [0.717, 1.165) is 15.7 Å². The summed E-state index contributed by atoms with van der Waals surface area (Å²) in [6.45, 7) is 1.83. The largest absolute Gasteiger partial charge is 0.389 e. The predicted molar refractivity (Wildman–Crippen MR) is 80.1 cm³/mol. The number of halogens is 1. The van der Waals surface area contributed by atoms with Crippen LogP contribution in [0, 0.1) is 0 Å². The van der Waals surface area contributed by atoms with Crippen molar-refractivity contribution in [3.05, 3.63) is 28.2 Å². The Labute approximate surface area is 118 Å². The molecule has 3 heteroatoms. The molecule has 1 aromatic rings. The van der Waals surface area contributed by atoms with Crippen LogP contribution < -0.4 is 4.90 Å². The van der Waals surface area contributed by atoms with Gasteiger partial charge in [-0.3, -0.25) is 0 Å². The molecule has 0 spiro atoms. The van der Waals surface area contributed by atoms with Crippen LogP contribution in [0.2, 0.25) is 0 Å². The van der Waals surface area contributed by atoms with Gasteiger partial charge in [0.2, 0.25) is 0 Å². The summed E-state index contributed by atoms with van der Waals surface area (Å²) < 4.78 is 1.07. The van der Waals surface area contributed by atoms with Crippen molar-refractivity contribution < 1.29 is 5.11 Å². The molecule has 0 aliphatic heterocycles. The van der Waals surface area contributed by atoms with Crippen LogP contribution in [0.3, 0.4) is 0 Å². The van der Waals surface area contributed by atoms with E-state index < -0.39 is 6.10 Å². The Balaban J connectivity index is 2.27. The molecule has 0 amide bonds. The molecule has 2 nitrogen and oxygen atoms in total. The average molecular weight is 312 g/mol. The lowest BCUT2D eigenvalue weighted by Gasteiger charge is -2.34. The smallest absolute Gasteiger partial charge is 0.0782 e. The second-order valence-electron chi connectivity index (χ2n) is 5.28. The molecule has 1 saturated carbocycles. The van der Waals surface area contributed by atoms with Crippen LogP contribution in [0.5, 0.6) is 0 Å². The first kappa shape index (κ1) is 13.9. The third-order valence-electron chi connectivity index (χ3n) is 3.94. The van der Waals surface area contributed by atoms with Crippen LogP contribution in [-0.4, -0.2) is 18.2 Å². The summed E-state index contributed by atoms with van der Waals surface area (Å²) >= 11 is 3.53. The van der Waals surface area contributed by atoms with Gasteiger partial charge in [0, 0.05) is 28.8 Å². The number of rotatable bonds is 3. The number of hydrogen-bond acceptors (Lipinski definition) is 2. The van der Waals surface area contributed by atoms with E-state index in [1.807, 2.05) is 19.1 Å². The van der Waals surface area contributed by atoms with Crippen LogP contribution in [0.1, 0.15) is 50.7 Å². The highest BCUT2D eigenvalue weighted by molar-refractivity contribution is 9.10. The fraction of sp³-hybridized carbons (Fsp3) is 0.600. The quantitative estimate of drug-likeness (QED) is 0.901. The van der Waals surface area contributed by atoms with E-state index in [1.165, 1.54) is 32.1 Å². The van der Waals surface area contributed by atoms with Crippen LogP contribution in [0.25, 0.3) is 0 Å². The van der Waals surface area contributed by atoms with Crippen molar-refractivity contribution >= 4 is 21.6 Å². The van der Waals surface area contributed by atoms with E-state index in [-0.39, 0.29) is 0 Å². The minimum Gasteiger partial charge on any atom is -0.389 e. The van der Waals surface area contributed by atoms with E-state index in [2.05, 4.69) is 33.9 Å².